The average Bonchev–Trinajstić information content (AvgIpc) is 3.30. The first-order chi connectivity index (χ1) is 15.5. The minimum absolute atomic E-state index is 0. The zero-order valence-corrected chi connectivity index (χ0v) is 21.0. The van der Waals surface area contributed by atoms with Crippen LogP contribution >= 0.6 is 36.2 Å². The summed E-state index contributed by atoms with van der Waals surface area (Å²) in [6.45, 7) is 6.16. The number of aryl methyl sites for hydroxylation is 1. The number of ether oxygens (including phenoxy) is 1. The minimum Gasteiger partial charge on any atom is -0.379 e. The van der Waals surface area contributed by atoms with E-state index in [0.717, 1.165) is 42.2 Å². The molecule has 11 heteroatoms. The lowest BCUT2D eigenvalue weighted by molar-refractivity contribution is -0.380. The van der Waals surface area contributed by atoms with Crippen molar-refractivity contribution < 1.29 is 14.5 Å². The van der Waals surface area contributed by atoms with Crippen molar-refractivity contribution in [3.05, 3.63) is 69.2 Å². The van der Waals surface area contributed by atoms with E-state index >= 15 is 0 Å². The van der Waals surface area contributed by atoms with Crippen LogP contribution < -0.4 is 5.32 Å². The van der Waals surface area contributed by atoms with Crippen molar-refractivity contribution in [3.8, 4) is 22.4 Å². The number of morpholine rings is 1. The molecule has 1 fully saturated rings. The number of carbonyl (C=O) groups excluding carboxylic acids is 1. The number of thiophene rings is 1. The van der Waals surface area contributed by atoms with E-state index in [1.165, 1.54) is 6.07 Å². The van der Waals surface area contributed by atoms with Gasteiger partial charge in [0.2, 0.25) is 0 Å². The van der Waals surface area contributed by atoms with E-state index in [1.54, 1.807) is 12.3 Å². The van der Waals surface area contributed by atoms with Crippen molar-refractivity contribution in [3.63, 3.8) is 0 Å². The molecule has 8 nitrogen and oxygen atoms in total. The van der Waals surface area contributed by atoms with Gasteiger partial charge in [0.05, 0.1) is 35.1 Å². The lowest BCUT2D eigenvalue weighted by Gasteiger charge is -2.26. The van der Waals surface area contributed by atoms with Crippen LogP contribution in [0.25, 0.3) is 22.4 Å². The van der Waals surface area contributed by atoms with Crippen LogP contribution in [0.1, 0.15) is 16.1 Å². The van der Waals surface area contributed by atoms with Gasteiger partial charge in [-0.3, -0.25) is 24.8 Å². The number of rotatable bonds is 7. The number of nitro groups is 1. The van der Waals surface area contributed by atoms with Gasteiger partial charge in [0, 0.05) is 48.8 Å². The summed E-state index contributed by atoms with van der Waals surface area (Å²) in [6, 6.07) is 13.0. The second-order valence-corrected chi connectivity index (χ2v) is 8.41. The van der Waals surface area contributed by atoms with Gasteiger partial charge in [-0.1, -0.05) is 41.7 Å². The molecule has 0 radical (unpaired) electrons. The molecule has 1 aliphatic heterocycles. The summed E-state index contributed by atoms with van der Waals surface area (Å²) < 4.78 is 5.36. The van der Waals surface area contributed by atoms with E-state index in [9.17, 15) is 14.9 Å². The Kier molecular flexibility index (Phi) is 10.4. The van der Waals surface area contributed by atoms with Crippen molar-refractivity contribution in [2.45, 2.75) is 6.92 Å². The molecule has 0 saturated carbocycles. The summed E-state index contributed by atoms with van der Waals surface area (Å²) in [7, 11) is 0. The summed E-state index contributed by atoms with van der Waals surface area (Å²) >= 11 is 1.05. The van der Waals surface area contributed by atoms with E-state index in [1.807, 2.05) is 36.4 Å². The van der Waals surface area contributed by atoms with E-state index in [0.29, 0.717) is 42.1 Å². The third-order valence-corrected chi connectivity index (χ3v) is 6.27. The van der Waals surface area contributed by atoms with Gasteiger partial charge >= 0.3 is 5.00 Å². The first kappa shape index (κ1) is 27.7. The molecule has 0 aliphatic carbocycles. The highest BCUT2D eigenvalue weighted by Crippen LogP contribution is 2.35. The van der Waals surface area contributed by atoms with Crippen LogP contribution in [0.2, 0.25) is 0 Å². The Morgan fingerprint density at radius 3 is 2.53 bits per heavy atom. The molecule has 0 bridgehead atoms. The number of aromatic nitrogens is 1. The Balaban J connectivity index is 0.00000204. The largest absolute Gasteiger partial charge is 0.379 e. The Bertz CT molecular complexity index is 1120. The summed E-state index contributed by atoms with van der Waals surface area (Å²) in [5.41, 5.74) is 3.95. The molecular formula is C23H26Cl2N4O4S. The summed E-state index contributed by atoms with van der Waals surface area (Å²) in [4.78, 5) is 30.9. The average molecular weight is 525 g/mol. The minimum atomic E-state index is -0.414. The van der Waals surface area contributed by atoms with Crippen LogP contribution in [0.3, 0.4) is 0 Å². The zero-order valence-electron chi connectivity index (χ0n) is 18.6. The number of pyridine rings is 1. The van der Waals surface area contributed by atoms with Crippen molar-refractivity contribution in [1.29, 1.82) is 0 Å². The summed E-state index contributed by atoms with van der Waals surface area (Å²) in [6.07, 6.45) is 0. The highest BCUT2D eigenvalue weighted by atomic mass is 35.5. The predicted molar refractivity (Wildman–Crippen MR) is 138 cm³/mol. The Morgan fingerprint density at radius 1 is 1.18 bits per heavy atom. The SMILES string of the molecule is Cc1nc(-c2ccccc2)cc(-c2csc([N+](=O)[O-])c2)c1C(=O)NCCN1CCOCC1.Cl.Cl. The lowest BCUT2D eigenvalue weighted by Crippen LogP contribution is -2.41. The molecule has 0 atom stereocenters. The quantitative estimate of drug-likeness (QED) is 0.358. The molecule has 4 rings (SSSR count). The van der Waals surface area contributed by atoms with Gasteiger partial charge in [-0.05, 0) is 18.6 Å². The summed E-state index contributed by atoms with van der Waals surface area (Å²) in [5, 5.41) is 16.0. The number of hydrogen-bond acceptors (Lipinski definition) is 7. The third kappa shape index (κ3) is 6.52. The van der Waals surface area contributed by atoms with E-state index in [4.69, 9.17) is 4.74 Å². The fourth-order valence-corrected chi connectivity index (χ4v) is 4.47. The maximum Gasteiger partial charge on any atom is 0.324 e. The number of carbonyl (C=O) groups is 1. The van der Waals surface area contributed by atoms with Crippen LogP contribution in [0.5, 0.6) is 0 Å². The van der Waals surface area contributed by atoms with Crippen LogP contribution in [-0.2, 0) is 4.74 Å². The maximum absolute atomic E-state index is 13.2. The zero-order chi connectivity index (χ0) is 22.5. The van der Waals surface area contributed by atoms with Crippen LogP contribution in [0.4, 0.5) is 5.00 Å². The van der Waals surface area contributed by atoms with Gasteiger partial charge in [0.15, 0.2) is 0 Å². The molecule has 3 heterocycles. The van der Waals surface area contributed by atoms with Crippen molar-refractivity contribution in [1.82, 2.24) is 15.2 Å². The highest BCUT2D eigenvalue weighted by Gasteiger charge is 2.22. The number of hydrogen-bond donors (Lipinski definition) is 1. The maximum atomic E-state index is 13.2. The van der Waals surface area contributed by atoms with Crippen LogP contribution in [0, 0.1) is 17.0 Å². The molecule has 34 heavy (non-hydrogen) atoms. The fraction of sp³-hybridized carbons (Fsp3) is 0.304. The van der Waals surface area contributed by atoms with Crippen molar-refractivity contribution in [2.24, 2.45) is 0 Å². The number of benzene rings is 1. The fourth-order valence-electron chi connectivity index (χ4n) is 3.75. The van der Waals surface area contributed by atoms with Crippen LogP contribution in [-0.4, -0.2) is 60.1 Å². The predicted octanol–water partition coefficient (Wildman–Crippen LogP) is 4.60. The second kappa shape index (κ2) is 12.8. The standard InChI is InChI=1S/C23H24N4O4S.2ClH/c1-16-22(23(28)24-7-8-26-9-11-31-12-10-26)19(18-13-21(27(29)30)32-15-18)14-20(25-16)17-5-3-2-4-6-17;;/h2-6,13-15H,7-12H2,1H3,(H,24,28);2*1H. The van der Waals surface area contributed by atoms with Gasteiger partial charge in [-0.15, -0.1) is 24.8 Å². The van der Waals surface area contributed by atoms with Gasteiger partial charge in [-0.25, -0.2) is 0 Å². The molecule has 3 aromatic rings. The molecule has 1 amide bonds. The first-order valence-corrected chi connectivity index (χ1v) is 11.3. The molecule has 1 N–H and O–H groups in total. The normalized spacial score (nSPS) is 13.4. The molecular weight excluding hydrogens is 499 g/mol. The molecule has 2 aromatic heterocycles. The molecule has 1 aromatic carbocycles. The number of nitrogens with one attached hydrogen (secondary N) is 1. The van der Waals surface area contributed by atoms with Gasteiger partial charge in [-0.2, -0.15) is 0 Å². The third-order valence-electron chi connectivity index (χ3n) is 5.39. The molecule has 1 aliphatic rings. The highest BCUT2D eigenvalue weighted by molar-refractivity contribution is 7.13. The van der Waals surface area contributed by atoms with Gasteiger partial charge in [0.1, 0.15) is 0 Å². The number of amides is 1. The molecule has 1 saturated heterocycles. The number of halogens is 2. The first-order valence-electron chi connectivity index (χ1n) is 10.4. The monoisotopic (exact) mass is 524 g/mol. The number of nitrogens with zero attached hydrogens (tertiary/aromatic N) is 3. The van der Waals surface area contributed by atoms with E-state index in [2.05, 4.69) is 15.2 Å². The molecule has 182 valence electrons. The van der Waals surface area contributed by atoms with Crippen molar-refractivity contribution in [2.75, 3.05) is 39.4 Å². The molecule has 0 spiro atoms. The smallest absolute Gasteiger partial charge is 0.324 e. The summed E-state index contributed by atoms with van der Waals surface area (Å²) in [5.74, 6) is -0.230. The topological polar surface area (TPSA) is 97.6 Å². The van der Waals surface area contributed by atoms with Gasteiger partial charge in [0.25, 0.3) is 5.91 Å². The Labute approximate surface area is 214 Å². The Hall–Kier alpha value is -2.56. The van der Waals surface area contributed by atoms with Crippen LogP contribution in [0.15, 0.2) is 47.8 Å². The van der Waals surface area contributed by atoms with Gasteiger partial charge < -0.3 is 10.1 Å². The van der Waals surface area contributed by atoms with Crippen molar-refractivity contribution >= 4 is 47.1 Å². The van der Waals surface area contributed by atoms with E-state index < -0.39 is 4.92 Å². The second-order valence-electron chi connectivity index (χ2n) is 7.52. The Morgan fingerprint density at radius 2 is 1.88 bits per heavy atom. The molecule has 0 unspecified atom stereocenters. The van der Waals surface area contributed by atoms with E-state index in [-0.39, 0.29) is 35.7 Å². The lowest BCUT2D eigenvalue weighted by atomic mass is 9.97.